The summed E-state index contributed by atoms with van der Waals surface area (Å²) in [7, 11) is 0. The minimum atomic E-state index is 0.573. The van der Waals surface area contributed by atoms with E-state index >= 15 is 0 Å². The Morgan fingerprint density at radius 2 is 1.81 bits per heavy atom. The van der Waals surface area contributed by atoms with Crippen molar-refractivity contribution < 1.29 is 8.83 Å². The van der Waals surface area contributed by atoms with E-state index in [9.17, 15) is 0 Å². The Kier molecular flexibility index (Phi) is 2.54. The third-order valence-electron chi connectivity index (χ3n) is 3.33. The second-order valence-electron chi connectivity index (χ2n) is 4.80. The van der Waals surface area contributed by atoms with E-state index in [0.717, 1.165) is 28.0 Å². The first-order valence-electron chi connectivity index (χ1n) is 6.60. The number of fused-ring (bicyclic) bond motifs is 1. The molecule has 2 heterocycles. The molecule has 4 heteroatoms. The van der Waals surface area contributed by atoms with Gasteiger partial charge in [-0.25, -0.2) is 4.98 Å². The van der Waals surface area contributed by atoms with Gasteiger partial charge in [-0.3, -0.25) is 0 Å². The molecule has 2 aromatic carbocycles. The van der Waals surface area contributed by atoms with Crippen molar-refractivity contribution in [2.24, 2.45) is 0 Å². The predicted octanol–water partition coefficient (Wildman–Crippen LogP) is 4.34. The molecule has 0 saturated carbocycles. The third kappa shape index (κ3) is 2.07. The molecule has 21 heavy (non-hydrogen) atoms. The molecule has 0 aliphatic heterocycles. The highest BCUT2D eigenvalue weighted by Crippen LogP contribution is 2.29. The second kappa shape index (κ2) is 4.52. The first kappa shape index (κ1) is 11.8. The SMILES string of the molecule is Nc1ccc2oc(-c3cccc(-c4ccco4)c3)nc2c1. The van der Waals surface area contributed by atoms with Gasteiger partial charge in [-0.2, -0.15) is 0 Å². The zero-order valence-corrected chi connectivity index (χ0v) is 11.1. The van der Waals surface area contributed by atoms with Crippen LogP contribution in [0.15, 0.2) is 69.7 Å². The van der Waals surface area contributed by atoms with Crippen molar-refractivity contribution in [2.45, 2.75) is 0 Å². The van der Waals surface area contributed by atoms with Crippen LogP contribution >= 0.6 is 0 Å². The zero-order valence-electron chi connectivity index (χ0n) is 11.1. The van der Waals surface area contributed by atoms with E-state index in [1.165, 1.54) is 0 Å². The molecule has 0 amide bonds. The van der Waals surface area contributed by atoms with Crippen LogP contribution in [-0.2, 0) is 0 Å². The van der Waals surface area contributed by atoms with E-state index in [-0.39, 0.29) is 0 Å². The smallest absolute Gasteiger partial charge is 0.227 e. The molecule has 0 fully saturated rings. The summed E-state index contributed by atoms with van der Waals surface area (Å²) >= 11 is 0. The fourth-order valence-electron chi connectivity index (χ4n) is 2.32. The predicted molar refractivity (Wildman–Crippen MR) is 81.6 cm³/mol. The standard InChI is InChI=1S/C17H12N2O2/c18-13-6-7-16-14(10-13)19-17(21-16)12-4-1-3-11(9-12)15-5-2-8-20-15/h1-10H,18H2. The summed E-state index contributed by atoms with van der Waals surface area (Å²) < 4.78 is 11.2. The van der Waals surface area contributed by atoms with Gasteiger partial charge in [0.2, 0.25) is 5.89 Å². The first-order valence-corrected chi connectivity index (χ1v) is 6.60. The van der Waals surface area contributed by atoms with Gasteiger partial charge in [-0.1, -0.05) is 12.1 Å². The van der Waals surface area contributed by atoms with Crippen molar-refractivity contribution >= 4 is 16.8 Å². The highest BCUT2D eigenvalue weighted by molar-refractivity contribution is 5.80. The van der Waals surface area contributed by atoms with Crippen molar-refractivity contribution in [3.05, 3.63) is 60.9 Å². The van der Waals surface area contributed by atoms with Crippen molar-refractivity contribution in [1.29, 1.82) is 0 Å². The second-order valence-corrected chi connectivity index (χ2v) is 4.80. The van der Waals surface area contributed by atoms with Crippen LogP contribution < -0.4 is 5.73 Å². The summed E-state index contributed by atoms with van der Waals surface area (Å²) in [5.41, 5.74) is 9.81. The van der Waals surface area contributed by atoms with Crippen LogP contribution in [0.3, 0.4) is 0 Å². The van der Waals surface area contributed by atoms with Crippen LogP contribution in [0.4, 0.5) is 5.69 Å². The lowest BCUT2D eigenvalue weighted by molar-refractivity contribution is 0.582. The maximum absolute atomic E-state index is 5.78. The number of hydrogen-bond donors (Lipinski definition) is 1. The van der Waals surface area contributed by atoms with Gasteiger partial charge in [0.1, 0.15) is 11.3 Å². The molecule has 2 N–H and O–H groups in total. The molecule has 4 aromatic rings. The van der Waals surface area contributed by atoms with Crippen LogP contribution in [0, 0.1) is 0 Å². The Hall–Kier alpha value is -3.01. The Balaban J connectivity index is 1.83. The summed E-state index contributed by atoms with van der Waals surface area (Å²) in [6.45, 7) is 0. The molecule has 0 spiro atoms. The lowest BCUT2D eigenvalue weighted by atomic mass is 10.1. The number of nitrogens with two attached hydrogens (primary N) is 1. The molecule has 2 aromatic heterocycles. The number of hydrogen-bond acceptors (Lipinski definition) is 4. The Morgan fingerprint density at radius 3 is 2.67 bits per heavy atom. The van der Waals surface area contributed by atoms with Crippen molar-refractivity contribution in [2.75, 3.05) is 5.73 Å². The number of anilines is 1. The van der Waals surface area contributed by atoms with Gasteiger partial charge < -0.3 is 14.6 Å². The van der Waals surface area contributed by atoms with Crippen LogP contribution in [0.2, 0.25) is 0 Å². The monoisotopic (exact) mass is 276 g/mol. The zero-order chi connectivity index (χ0) is 14.2. The van der Waals surface area contributed by atoms with Gasteiger partial charge in [-0.15, -0.1) is 0 Å². The van der Waals surface area contributed by atoms with Crippen LogP contribution in [0.1, 0.15) is 0 Å². The van der Waals surface area contributed by atoms with Crippen LogP contribution in [0.5, 0.6) is 0 Å². The van der Waals surface area contributed by atoms with E-state index in [2.05, 4.69) is 4.98 Å². The topological polar surface area (TPSA) is 65.2 Å². The molecule has 0 bridgehead atoms. The van der Waals surface area contributed by atoms with Gasteiger partial charge in [0.05, 0.1) is 6.26 Å². The fraction of sp³-hybridized carbons (Fsp3) is 0. The van der Waals surface area contributed by atoms with Gasteiger partial charge in [0, 0.05) is 16.8 Å². The average molecular weight is 276 g/mol. The highest BCUT2D eigenvalue weighted by atomic mass is 16.3. The lowest BCUT2D eigenvalue weighted by Crippen LogP contribution is -1.82. The summed E-state index contributed by atoms with van der Waals surface area (Å²) in [4.78, 5) is 4.49. The van der Waals surface area contributed by atoms with Gasteiger partial charge in [0.25, 0.3) is 0 Å². The minimum Gasteiger partial charge on any atom is -0.464 e. The number of rotatable bonds is 2. The van der Waals surface area contributed by atoms with Crippen molar-refractivity contribution in [1.82, 2.24) is 4.98 Å². The number of nitrogens with zero attached hydrogens (tertiary/aromatic N) is 1. The molecule has 102 valence electrons. The number of oxazole rings is 1. The van der Waals surface area contributed by atoms with Gasteiger partial charge in [0.15, 0.2) is 5.58 Å². The average Bonchev–Trinajstić information content (AvgIpc) is 3.16. The van der Waals surface area contributed by atoms with Gasteiger partial charge >= 0.3 is 0 Å². The van der Waals surface area contributed by atoms with E-state index in [4.69, 9.17) is 14.6 Å². The van der Waals surface area contributed by atoms with E-state index in [1.54, 1.807) is 18.4 Å². The summed E-state index contributed by atoms with van der Waals surface area (Å²) in [5, 5.41) is 0. The Labute approximate surface area is 120 Å². The number of nitrogen functional groups attached to an aromatic ring is 1. The van der Waals surface area contributed by atoms with Crippen LogP contribution in [0.25, 0.3) is 33.9 Å². The number of aromatic nitrogens is 1. The lowest BCUT2D eigenvalue weighted by Gasteiger charge is -1.99. The van der Waals surface area contributed by atoms with Gasteiger partial charge in [-0.05, 0) is 42.5 Å². The third-order valence-corrected chi connectivity index (χ3v) is 3.33. The number of benzene rings is 2. The maximum atomic E-state index is 5.78. The summed E-state index contributed by atoms with van der Waals surface area (Å²) in [6, 6.07) is 17.1. The normalized spacial score (nSPS) is 11.0. The van der Waals surface area contributed by atoms with Crippen molar-refractivity contribution in [3.63, 3.8) is 0 Å². The highest BCUT2D eigenvalue weighted by Gasteiger charge is 2.10. The quantitative estimate of drug-likeness (QED) is 0.553. The molecule has 0 aliphatic carbocycles. The Bertz CT molecular complexity index is 908. The molecule has 0 unspecified atom stereocenters. The van der Waals surface area contributed by atoms with Crippen molar-refractivity contribution in [3.8, 4) is 22.8 Å². The van der Waals surface area contributed by atoms with Crippen LogP contribution in [-0.4, -0.2) is 4.98 Å². The molecule has 0 atom stereocenters. The summed E-state index contributed by atoms with van der Waals surface area (Å²) in [5.74, 6) is 1.39. The number of furan rings is 1. The first-order chi connectivity index (χ1) is 10.3. The maximum Gasteiger partial charge on any atom is 0.227 e. The fourth-order valence-corrected chi connectivity index (χ4v) is 2.32. The molecular formula is C17H12N2O2. The van der Waals surface area contributed by atoms with E-state index in [0.29, 0.717) is 11.6 Å². The molecule has 0 radical (unpaired) electrons. The Morgan fingerprint density at radius 1 is 0.905 bits per heavy atom. The van der Waals surface area contributed by atoms with E-state index < -0.39 is 0 Å². The molecule has 0 saturated heterocycles. The largest absolute Gasteiger partial charge is 0.464 e. The molecule has 0 aliphatic rings. The molecule has 4 rings (SSSR count). The molecule has 4 nitrogen and oxygen atoms in total. The van der Waals surface area contributed by atoms with E-state index in [1.807, 2.05) is 42.5 Å². The molecular weight excluding hydrogens is 264 g/mol. The summed E-state index contributed by atoms with van der Waals surface area (Å²) in [6.07, 6.45) is 1.66. The minimum absolute atomic E-state index is 0.573.